The van der Waals surface area contributed by atoms with Gasteiger partial charge in [-0.15, -0.1) is 11.3 Å². The molecule has 1 N–H and O–H groups in total. The highest BCUT2D eigenvalue weighted by Crippen LogP contribution is 2.45. The molecule has 0 saturated heterocycles. The maximum atomic E-state index is 4.57. The number of H-pyrrole nitrogens is 1. The highest BCUT2D eigenvalue weighted by molar-refractivity contribution is 7.26. The van der Waals surface area contributed by atoms with Gasteiger partial charge in [0.1, 0.15) is 0 Å². The van der Waals surface area contributed by atoms with E-state index in [1.807, 2.05) is 30.4 Å². The van der Waals surface area contributed by atoms with Crippen LogP contribution in [0.1, 0.15) is 12.5 Å². The minimum absolute atomic E-state index is 0.633. The van der Waals surface area contributed by atoms with E-state index >= 15 is 0 Å². The first kappa shape index (κ1) is 25.1. The monoisotopic (exact) mass is 511 g/mol. The number of nitrogens with zero attached hydrogens (tertiary/aromatic N) is 2. The smallest absolute Gasteiger partial charge is 0.0653 e. The number of para-hydroxylation sites is 1. The predicted octanol–water partition coefficient (Wildman–Crippen LogP) is 9.89. The van der Waals surface area contributed by atoms with Crippen molar-refractivity contribution < 1.29 is 0 Å². The Labute approximate surface area is 226 Å². The first-order valence-corrected chi connectivity index (χ1v) is 13.4. The Balaban J connectivity index is 0.000000540. The quantitative estimate of drug-likeness (QED) is 0.171. The van der Waals surface area contributed by atoms with Crippen LogP contribution in [0.4, 0.5) is 0 Å². The third kappa shape index (κ3) is 4.86. The average molecular weight is 512 g/mol. The maximum Gasteiger partial charge on any atom is 0.0653 e. The minimum atomic E-state index is 0.633. The molecule has 6 aromatic rings. The van der Waals surface area contributed by atoms with E-state index in [9.17, 15) is 0 Å². The van der Waals surface area contributed by atoms with Crippen molar-refractivity contribution in [3.05, 3.63) is 122 Å². The molecule has 0 amide bonds. The van der Waals surface area contributed by atoms with Gasteiger partial charge in [-0.2, -0.15) is 0 Å². The fourth-order valence-corrected chi connectivity index (χ4v) is 6.03. The van der Waals surface area contributed by atoms with E-state index in [-0.39, 0.29) is 0 Å². The maximum absolute atomic E-state index is 4.57. The molecule has 0 saturated carbocycles. The predicted molar refractivity (Wildman–Crippen MR) is 170 cm³/mol. The number of nitrogens with one attached hydrogen (secondary N) is 1. The second-order valence-electron chi connectivity index (χ2n) is 8.76. The van der Waals surface area contributed by atoms with Crippen LogP contribution in [-0.2, 0) is 6.54 Å². The first-order valence-electron chi connectivity index (χ1n) is 12.5. The molecule has 3 nitrogen and oxygen atoms in total. The van der Waals surface area contributed by atoms with Crippen LogP contribution in [0, 0.1) is 0 Å². The van der Waals surface area contributed by atoms with Gasteiger partial charge in [0.15, 0.2) is 0 Å². The van der Waals surface area contributed by atoms with Gasteiger partial charge in [0, 0.05) is 54.4 Å². The van der Waals surface area contributed by atoms with Crippen molar-refractivity contribution in [2.75, 3.05) is 0 Å². The summed E-state index contributed by atoms with van der Waals surface area (Å²) >= 11 is 1.86. The summed E-state index contributed by atoms with van der Waals surface area (Å²) in [5.74, 6) is 0. The Morgan fingerprint density at radius 1 is 0.895 bits per heavy atom. The average Bonchev–Trinajstić information content (AvgIpc) is 3.52. The summed E-state index contributed by atoms with van der Waals surface area (Å²) in [5, 5.41) is 5.18. The van der Waals surface area contributed by atoms with E-state index in [2.05, 4.69) is 107 Å². The SMILES string of the molecule is C=C/C=C\C.C=N/C=C\C=NCc1cccc2c1sc1cc(-c3ccccc3)c3[nH]c4ccccc4c3c12. The number of thiophene rings is 1. The van der Waals surface area contributed by atoms with Crippen molar-refractivity contribution in [1.82, 2.24) is 4.98 Å². The van der Waals surface area contributed by atoms with Crippen molar-refractivity contribution in [3.63, 3.8) is 0 Å². The van der Waals surface area contributed by atoms with Gasteiger partial charge >= 0.3 is 0 Å². The summed E-state index contributed by atoms with van der Waals surface area (Å²) in [7, 11) is 0. The summed E-state index contributed by atoms with van der Waals surface area (Å²) < 4.78 is 2.60. The fraction of sp³-hybridized carbons (Fsp3) is 0.0588. The standard InChI is InChI=1S/C29H21N3S.C5H8/c1-30-15-8-16-31-18-20-11-7-13-22-26-25(33-29(20)22)17-23(19-9-3-2-4-10-19)28-27(26)21-12-5-6-14-24(21)32-28;1-3-5-4-2/h2-17,32H,1,18H2;3-5H,1H2,2H3/b15-8-,31-16?;5-4-. The summed E-state index contributed by atoms with van der Waals surface area (Å²) in [4.78, 5) is 12.0. The van der Waals surface area contributed by atoms with Crippen molar-refractivity contribution in [2.45, 2.75) is 13.5 Å². The van der Waals surface area contributed by atoms with Gasteiger partial charge in [-0.05, 0) is 43.0 Å². The van der Waals surface area contributed by atoms with Gasteiger partial charge in [-0.25, -0.2) is 0 Å². The van der Waals surface area contributed by atoms with Crippen molar-refractivity contribution in [2.24, 2.45) is 9.98 Å². The van der Waals surface area contributed by atoms with Crippen molar-refractivity contribution in [3.8, 4) is 11.1 Å². The normalized spacial score (nSPS) is 11.8. The van der Waals surface area contributed by atoms with Gasteiger partial charge < -0.3 is 4.98 Å². The van der Waals surface area contributed by atoms with E-state index in [0.717, 1.165) is 0 Å². The van der Waals surface area contributed by atoms with Gasteiger partial charge in [0.05, 0.1) is 12.1 Å². The van der Waals surface area contributed by atoms with Crippen molar-refractivity contribution >= 4 is 66.2 Å². The van der Waals surface area contributed by atoms with Crippen LogP contribution < -0.4 is 0 Å². The lowest BCUT2D eigenvalue weighted by atomic mass is 9.98. The zero-order chi connectivity index (χ0) is 26.3. The molecule has 0 atom stereocenters. The molecule has 0 aliphatic carbocycles. The van der Waals surface area contributed by atoms with E-state index in [4.69, 9.17) is 0 Å². The fourth-order valence-electron chi connectivity index (χ4n) is 4.78. The third-order valence-corrected chi connectivity index (χ3v) is 7.61. The van der Waals surface area contributed by atoms with Crippen LogP contribution in [0.5, 0.6) is 0 Å². The third-order valence-electron chi connectivity index (χ3n) is 6.38. The Morgan fingerprint density at radius 3 is 2.45 bits per heavy atom. The van der Waals surface area contributed by atoms with E-state index in [0.29, 0.717) is 6.54 Å². The number of benzene rings is 4. The topological polar surface area (TPSA) is 40.5 Å². The van der Waals surface area contributed by atoms with Crippen molar-refractivity contribution in [1.29, 1.82) is 0 Å². The Bertz CT molecular complexity index is 1830. The molecule has 2 aromatic heterocycles. The molecule has 38 heavy (non-hydrogen) atoms. The van der Waals surface area contributed by atoms with Crippen LogP contribution >= 0.6 is 11.3 Å². The molecular formula is C34H29N3S. The lowest BCUT2D eigenvalue weighted by Gasteiger charge is -2.06. The Hall–Kier alpha value is -4.54. The molecule has 2 heterocycles. The number of aromatic nitrogens is 1. The molecule has 186 valence electrons. The van der Waals surface area contributed by atoms with Gasteiger partial charge in [-0.1, -0.05) is 91.5 Å². The number of hydrogen-bond donors (Lipinski definition) is 1. The number of hydrogen-bond acceptors (Lipinski definition) is 3. The number of fused-ring (bicyclic) bond motifs is 7. The zero-order valence-electron chi connectivity index (χ0n) is 21.4. The van der Waals surface area contributed by atoms with E-state index in [1.165, 1.54) is 58.7 Å². The molecule has 4 heteroatoms. The number of aliphatic imine (C=N–C) groups is 2. The van der Waals surface area contributed by atoms with Crippen LogP contribution in [0.25, 0.3) is 53.1 Å². The van der Waals surface area contributed by atoms with Crippen LogP contribution in [0.15, 0.2) is 126 Å². The highest BCUT2D eigenvalue weighted by atomic mass is 32.1. The summed E-state index contributed by atoms with van der Waals surface area (Å²) in [5.41, 5.74) is 6.06. The highest BCUT2D eigenvalue weighted by Gasteiger charge is 2.18. The molecule has 0 fully saturated rings. The molecule has 4 aromatic carbocycles. The lowest BCUT2D eigenvalue weighted by Crippen LogP contribution is -1.82. The van der Waals surface area contributed by atoms with Crippen LogP contribution in [0.3, 0.4) is 0 Å². The van der Waals surface area contributed by atoms with E-state index in [1.54, 1.807) is 24.6 Å². The zero-order valence-corrected chi connectivity index (χ0v) is 22.2. The molecular weight excluding hydrogens is 482 g/mol. The number of aromatic amines is 1. The Morgan fingerprint density at radius 2 is 1.68 bits per heavy atom. The first-order chi connectivity index (χ1) is 18.8. The number of allylic oxidation sites excluding steroid dienone is 4. The molecule has 0 aliphatic heterocycles. The molecule has 0 spiro atoms. The lowest BCUT2D eigenvalue weighted by molar-refractivity contribution is 1.10. The molecule has 0 unspecified atom stereocenters. The summed E-state index contributed by atoms with van der Waals surface area (Å²) in [6.45, 7) is 9.51. The minimum Gasteiger partial charge on any atom is -0.354 e. The summed E-state index contributed by atoms with van der Waals surface area (Å²) in [6, 6.07) is 28.2. The van der Waals surface area contributed by atoms with E-state index < -0.39 is 0 Å². The van der Waals surface area contributed by atoms with Gasteiger partial charge in [-0.3, -0.25) is 9.98 Å². The second-order valence-corrected chi connectivity index (χ2v) is 9.81. The largest absolute Gasteiger partial charge is 0.354 e. The summed E-state index contributed by atoms with van der Waals surface area (Å²) in [6.07, 6.45) is 10.8. The molecule has 0 bridgehead atoms. The van der Waals surface area contributed by atoms with Gasteiger partial charge in [0.25, 0.3) is 0 Å². The molecule has 6 rings (SSSR count). The molecule has 0 radical (unpaired) electrons. The van der Waals surface area contributed by atoms with Gasteiger partial charge in [0.2, 0.25) is 0 Å². The second kappa shape index (κ2) is 11.7. The number of rotatable bonds is 6. The Kier molecular flexibility index (Phi) is 7.72. The van der Waals surface area contributed by atoms with Crippen LogP contribution in [0.2, 0.25) is 0 Å². The van der Waals surface area contributed by atoms with Crippen LogP contribution in [-0.4, -0.2) is 17.9 Å². The molecule has 0 aliphatic rings.